The first-order valence-electron chi connectivity index (χ1n) is 11.8. The highest BCUT2D eigenvalue weighted by molar-refractivity contribution is 6.04. The molecule has 9 heteroatoms. The van der Waals surface area contributed by atoms with Crippen LogP contribution >= 0.6 is 0 Å². The average molecular weight is 501 g/mol. The SMILES string of the molecule is CC1(C(NC(=O)c2ccc3cccnc3c2OCc2ccc(C(F)(F)F)cc2)C(=O)O)CCCCC1. The molecule has 1 fully saturated rings. The van der Waals surface area contributed by atoms with Gasteiger partial charge in [0.15, 0.2) is 5.75 Å². The van der Waals surface area contributed by atoms with Crippen molar-refractivity contribution in [2.75, 3.05) is 0 Å². The molecule has 1 heterocycles. The number of ether oxygens (including phenoxy) is 1. The van der Waals surface area contributed by atoms with Crippen molar-refractivity contribution in [3.63, 3.8) is 0 Å². The van der Waals surface area contributed by atoms with Gasteiger partial charge in [-0.2, -0.15) is 13.2 Å². The predicted molar refractivity (Wildman–Crippen MR) is 128 cm³/mol. The first-order chi connectivity index (χ1) is 17.1. The molecule has 1 amide bonds. The summed E-state index contributed by atoms with van der Waals surface area (Å²) in [6.07, 6.45) is 1.32. The minimum Gasteiger partial charge on any atom is -0.486 e. The lowest BCUT2D eigenvalue weighted by Crippen LogP contribution is -2.52. The van der Waals surface area contributed by atoms with Crippen molar-refractivity contribution in [1.29, 1.82) is 0 Å². The van der Waals surface area contributed by atoms with Crippen molar-refractivity contribution >= 4 is 22.8 Å². The van der Waals surface area contributed by atoms with E-state index in [0.29, 0.717) is 29.3 Å². The lowest BCUT2D eigenvalue weighted by atomic mass is 9.70. The zero-order valence-corrected chi connectivity index (χ0v) is 19.8. The van der Waals surface area contributed by atoms with Crippen molar-refractivity contribution in [3.05, 3.63) is 71.4 Å². The van der Waals surface area contributed by atoms with Crippen LogP contribution in [0.5, 0.6) is 5.75 Å². The van der Waals surface area contributed by atoms with Crippen LogP contribution in [0.2, 0.25) is 0 Å². The number of carbonyl (C=O) groups is 2. The lowest BCUT2D eigenvalue weighted by Gasteiger charge is -2.38. The number of rotatable bonds is 7. The zero-order chi connectivity index (χ0) is 25.9. The third-order valence-corrected chi connectivity index (χ3v) is 6.85. The van der Waals surface area contributed by atoms with Gasteiger partial charge in [-0.3, -0.25) is 9.78 Å². The van der Waals surface area contributed by atoms with Crippen LogP contribution in [-0.2, 0) is 17.6 Å². The first-order valence-corrected chi connectivity index (χ1v) is 11.8. The molecule has 2 aromatic carbocycles. The molecule has 4 rings (SSSR count). The van der Waals surface area contributed by atoms with E-state index in [9.17, 15) is 27.9 Å². The summed E-state index contributed by atoms with van der Waals surface area (Å²) in [5, 5.41) is 13.3. The fraction of sp³-hybridized carbons (Fsp3) is 0.370. The average Bonchev–Trinajstić information content (AvgIpc) is 2.85. The maximum atomic E-state index is 13.4. The summed E-state index contributed by atoms with van der Waals surface area (Å²) >= 11 is 0. The number of halogens is 3. The Labute approximate surface area is 206 Å². The number of carboxylic acids is 1. The van der Waals surface area contributed by atoms with Crippen LogP contribution in [0, 0.1) is 5.41 Å². The van der Waals surface area contributed by atoms with E-state index in [1.165, 1.54) is 18.3 Å². The standard InChI is InChI=1S/C27H27F3N2O4/c1-26(13-3-2-4-14-26)23(25(34)35)32-24(33)20-12-9-18-6-5-15-31-21(18)22(20)36-16-17-7-10-19(11-8-17)27(28,29)30/h5-12,15,23H,2-4,13-14,16H2,1H3,(H,32,33)(H,34,35). The number of benzene rings is 2. The smallest absolute Gasteiger partial charge is 0.416 e. The third-order valence-electron chi connectivity index (χ3n) is 6.85. The number of aliphatic carboxylic acids is 1. The quantitative estimate of drug-likeness (QED) is 0.416. The van der Waals surface area contributed by atoms with Crippen LogP contribution in [0.15, 0.2) is 54.7 Å². The molecule has 1 aliphatic rings. The molecule has 0 bridgehead atoms. The normalized spacial score (nSPS) is 16.3. The molecule has 3 aromatic rings. The second-order valence-electron chi connectivity index (χ2n) is 9.46. The van der Waals surface area contributed by atoms with Gasteiger partial charge >= 0.3 is 12.1 Å². The summed E-state index contributed by atoms with van der Waals surface area (Å²) in [6, 6.07) is 10.2. The summed E-state index contributed by atoms with van der Waals surface area (Å²) in [7, 11) is 0. The maximum Gasteiger partial charge on any atom is 0.416 e. The number of carboxylic acid groups (broad SMARTS) is 1. The number of hydrogen-bond donors (Lipinski definition) is 2. The van der Waals surface area contributed by atoms with Crippen LogP contribution in [0.4, 0.5) is 13.2 Å². The summed E-state index contributed by atoms with van der Waals surface area (Å²) in [5.74, 6) is -1.56. The Kier molecular flexibility index (Phi) is 7.19. The van der Waals surface area contributed by atoms with Crippen molar-refractivity contribution in [1.82, 2.24) is 10.3 Å². The van der Waals surface area contributed by atoms with E-state index in [0.717, 1.165) is 31.4 Å². The van der Waals surface area contributed by atoms with E-state index in [1.54, 1.807) is 24.3 Å². The predicted octanol–water partition coefficient (Wildman–Crippen LogP) is 5.99. The highest BCUT2D eigenvalue weighted by Gasteiger charge is 2.41. The molecule has 6 nitrogen and oxygen atoms in total. The topological polar surface area (TPSA) is 88.5 Å². The molecule has 1 aromatic heterocycles. The van der Waals surface area contributed by atoms with Gasteiger partial charge in [0.05, 0.1) is 11.1 Å². The van der Waals surface area contributed by atoms with Crippen molar-refractivity contribution in [2.45, 2.75) is 57.9 Å². The summed E-state index contributed by atoms with van der Waals surface area (Å²) < 4.78 is 44.6. The molecular formula is C27H27F3N2O4. The fourth-order valence-electron chi connectivity index (χ4n) is 4.78. The Morgan fingerprint density at radius 1 is 1.08 bits per heavy atom. The van der Waals surface area contributed by atoms with Gasteiger partial charge in [0.2, 0.25) is 0 Å². The molecule has 1 unspecified atom stereocenters. The lowest BCUT2D eigenvalue weighted by molar-refractivity contribution is -0.143. The minimum atomic E-state index is -4.44. The number of nitrogens with one attached hydrogen (secondary N) is 1. The first kappa shape index (κ1) is 25.5. The Bertz CT molecular complexity index is 1250. The third kappa shape index (κ3) is 5.45. The van der Waals surface area contributed by atoms with Gasteiger partial charge in [0.1, 0.15) is 18.2 Å². The molecular weight excluding hydrogens is 473 g/mol. The zero-order valence-electron chi connectivity index (χ0n) is 19.8. The fourth-order valence-corrected chi connectivity index (χ4v) is 4.78. The van der Waals surface area contributed by atoms with Crippen molar-refractivity contribution < 1.29 is 32.6 Å². The number of hydrogen-bond acceptors (Lipinski definition) is 4. The van der Waals surface area contributed by atoms with Crippen LogP contribution in [0.1, 0.15) is 60.5 Å². The number of aromatic nitrogens is 1. The second kappa shape index (κ2) is 10.2. The Morgan fingerprint density at radius 2 is 1.78 bits per heavy atom. The molecule has 36 heavy (non-hydrogen) atoms. The van der Waals surface area contributed by atoms with Gasteiger partial charge in [-0.05, 0) is 48.1 Å². The molecule has 1 saturated carbocycles. The number of nitrogens with zero attached hydrogens (tertiary/aromatic N) is 1. The van der Waals surface area contributed by atoms with Gasteiger partial charge in [0.25, 0.3) is 5.91 Å². The number of pyridine rings is 1. The Morgan fingerprint density at radius 3 is 2.42 bits per heavy atom. The maximum absolute atomic E-state index is 13.4. The van der Waals surface area contributed by atoms with Crippen LogP contribution in [0.25, 0.3) is 10.9 Å². The molecule has 190 valence electrons. The van der Waals surface area contributed by atoms with E-state index >= 15 is 0 Å². The van der Waals surface area contributed by atoms with Crippen molar-refractivity contribution in [2.24, 2.45) is 5.41 Å². The Hall–Kier alpha value is -3.62. The highest BCUT2D eigenvalue weighted by Crippen LogP contribution is 2.39. The van der Waals surface area contributed by atoms with Crippen LogP contribution < -0.4 is 10.1 Å². The summed E-state index contributed by atoms with van der Waals surface area (Å²) in [6.45, 7) is 1.78. The van der Waals surface area contributed by atoms with Gasteiger partial charge < -0.3 is 15.2 Å². The monoisotopic (exact) mass is 500 g/mol. The molecule has 0 aliphatic heterocycles. The minimum absolute atomic E-state index is 0.103. The number of fused-ring (bicyclic) bond motifs is 1. The van der Waals surface area contributed by atoms with Gasteiger partial charge in [-0.1, -0.05) is 50.5 Å². The second-order valence-corrected chi connectivity index (χ2v) is 9.46. The summed E-state index contributed by atoms with van der Waals surface area (Å²) in [5.41, 5.74) is -0.364. The van der Waals surface area contributed by atoms with Gasteiger partial charge in [-0.25, -0.2) is 4.79 Å². The van der Waals surface area contributed by atoms with Crippen molar-refractivity contribution in [3.8, 4) is 5.75 Å². The van der Waals surface area contributed by atoms with E-state index in [4.69, 9.17) is 4.74 Å². The van der Waals surface area contributed by atoms with E-state index in [1.807, 2.05) is 6.92 Å². The number of alkyl halides is 3. The largest absolute Gasteiger partial charge is 0.486 e. The van der Waals surface area contributed by atoms with Crippen LogP contribution in [-0.4, -0.2) is 28.0 Å². The summed E-state index contributed by atoms with van der Waals surface area (Å²) in [4.78, 5) is 29.8. The van der Waals surface area contributed by atoms with E-state index in [-0.39, 0.29) is 17.9 Å². The van der Waals surface area contributed by atoms with E-state index < -0.39 is 35.1 Å². The molecule has 0 spiro atoms. The highest BCUT2D eigenvalue weighted by atomic mass is 19.4. The van der Waals surface area contributed by atoms with Gasteiger partial charge in [0, 0.05) is 11.6 Å². The molecule has 1 aliphatic carbocycles. The Balaban J connectivity index is 1.63. The molecule has 1 atom stereocenters. The number of amides is 1. The van der Waals surface area contributed by atoms with Gasteiger partial charge in [-0.15, -0.1) is 0 Å². The van der Waals surface area contributed by atoms with E-state index in [2.05, 4.69) is 10.3 Å². The molecule has 0 radical (unpaired) electrons. The molecule has 0 saturated heterocycles. The number of carbonyl (C=O) groups excluding carboxylic acids is 1. The van der Waals surface area contributed by atoms with Crippen LogP contribution in [0.3, 0.4) is 0 Å². The molecule has 2 N–H and O–H groups in total.